The predicted molar refractivity (Wildman–Crippen MR) is 55.5 cm³/mol. The summed E-state index contributed by atoms with van der Waals surface area (Å²) in [4.78, 5) is 10.5. The summed E-state index contributed by atoms with van der Waals surface area (Å²) in [6, 6.07) is 0.253. The van der Waals surface area contributed by atoms with E-state index in [0.717, 1.165) is 19.3 Å². The number of nitrogens with one attached hydrogen (secondary N) is 1. The molecule has 3 unspecified atom stereocenters. The highest BCUT2D eigenvalue weighted by atomic mass is 17.2. The van der Waals surface area contributed by atoms with E-state index in [1.807, 2.05) is 6.92 Å². The molecule has 0 aromatic carbocycles. The molecule has 3 N–H and O–H groups in total. The molecular formula is C10H22N2O2. The molecule has 0 saturated carbocycles. The Bertz CT molecular complexity index is 168. The topological polar surface area (TPSA) is 56.5 Å². The van der Waals surface area contributed by atoms with Gasteiger partial charge in [0.05, 0.1) is 12.8 Å². The molecule has 14 heavy (non-hydrogen) atoms. The summed E-state index contributed by atoms with van der Waals surface area (Å²) in [7, 11) is 0. The average Bonchev–Trinajstić information content (AvgIpc) is 2.15. The van der Waals surface area contributed by atoms with E-state index in [1.165, 1.54) is 0 Å². The van der Waals surface area contributed by atoms with E-state index in [4.69, 9.17) is 15.5 Å². The summed E-state index contributed by atoms with van der Waals surface area (Å²) >= 11 is 0. The molecule has 0 spiro atoms. The Kier molecular flexibility index (Phi) is 4.31. The molecular weight excluding hydrogens is 180 g/mol. The second kappa shape index (κ2) is 5.07. The fourth-order valence-electron chi connectivity index (χ4n) is 1.98. The summed E-state index contributed by atoms with van der Waals surface area (Å²) < 4.78 is 0. The third kappa shape index (κ3) is 2.92. The van der Waals surface area contributed by atoms with E-state index in [0.29, 0.717) is 6.61 Å². The highest BCUT2D eigenvalue weighted by Gasteiger charge is 2.37. The quantitative estimate of drug-likeness (QED) is 0.530. The second-order valence-electron chi connectivity index (χ2n) is 4.24. The van der Waals surface area contributed by atoms with Crippen LogP contribution in [0.4, 0.5) is 0 Å². The van der Waals surface area contributed by atoms with Gasteiger partial charge in [-0.3, -0.25) is 5.32 Å². The van der Waals surface area contributed by atoms with Crippen LogP contribution in [0, 0.1) is 0 Å². The van der Waals surface area contributed by atoms with Gasteiger partial charge in [0, 0.05) is 6.04 Å². The zero-order chi connectivity index (χ0) is 10.6. The van der Waals surface area contributed by atoms with E-state index >= 15 is 0 Å². The van der Waals surface area contributed by atoms with Crippen LogP contribution in [0.15, 0.2) is 0 Å². The molecule has 1 rings (SSSR count). The SMILES string of the molecule is CCC(NC(C)N)C1(C)CCCOO1. The third-order valence-corrected chi connectivity index (χ3v) is 2.76. The maximum absolute atomic E-state index is 5.73. The van der Waals surface area contributed by atoms with Crippen LogP contribution in [0.5, 0.6) is 0 Å². The fourth-order valence-corrected chi connectivity index (χ4v) is 1.98. The maximum Gasteiger partial charge on any atom is 0.116 e. The highest BCUT2D eigenvalue weighted by molar-refractivity contribution is 4.89. The van der Waals surface area contributed by atoms with Gasteiger partial charge in [-0.15, -0.1) is 0 Å². The molecule has 0 aliphatic carbocycles. The minimum absolute atomic E-state index is 0.0118. The molecule has 4 heteroatoms. The van der Waals surface area contributed by atoms with Crippen LogP contribution in [0.2, 0.25) is 0 Å². The number of hydrogen-bond acceptors (Lipinski definition) is 4. The van der Waals surface area contributed by atoms with Crippen molar-refractivity contribution in [3.63, 3.8) is 0 Å². The van der Waals surface area contributed by atoms with Crippen molar-refractivity contribution in [2.24, 2.45) is 5.73 Å². The van der Waals surface area contributed by atoms with Gasteiger partial charge in [-0.2, -0.15) is 0 Å². The van der Waals surface area contributed by atoms with E-state index in [1.54, 1.807) is 0 Å². The van der Waals surface area contributed by atoms with Crippen LogP contribution in [-0.2, 0) is 9.78 Å². The molecule has 1 saturated heterocycles. The van der Waals surface area contributed by atoms with Crippen molar-refractivity contribution in [1.82, 2.24) is 5.32 Å². The lowest BCUT2D eigenvalue weighted by atomic mass is 9.89. The first-order chi connectivity index (χ1) is 6.58. The molecule has 84 valence electrons. The predicted octanol–water partition coefficient (Wildman–Crippen LogP) is 1.16. The Morgan fingerprint density at radius 3 is 2.71 bits per heavy atom. The van der Waals surface area contributed by atoms with Gasteiger partial charge in [0.25, 0.3) is 0 Å². The third-order valence-electron chi connectivity index (χ3n) is 2.76. The van der Waals surface area contributed by atoms with Gasteiger partial charge in [-0.25, -0.2) is 9.78 Å². The van der Waals surface area contributed by atoms with Gasteiger partial charge in [0.15, 0.2) is 0 Å². The van der Waals surface area contributed by atoms with E-state index in [2.05, 4.69) is 19.2 Å². The van der Waals surface area contributed by atoms with Gasteiger partial charge in [0.2, 0.25) is 0 Å². The normalized spacial score (nSPS) is 32.6. The van der Waals surface area contributed by atoms with Crippen molar-refractivity contribution in [2.75, 3.05) is 6.61 Å². The summed E-state index contributed by atoms with van der Waals surface area (Å²) in [6.07, 6.45) is 3.04. The summed E-state index contributed by atoms with van der Waals surface area (Å²) in [5.74, 6) is 0. The molecule has 3 atom stereocenters. The van der Waals surface area contributed by atoms with Gasteiger partial charge in [-0.05, 0) is 33.1 Å². The largest absolute Gasteiger partial charge is 0.316 e. The van der Waals surface area contributed by atoms with Crippen LogP contribution in [-0.4, -0.2) is 24.4 Å². The minimum Gasteiger partial charge on any atom is -0.316 e. The van der Waals surface area contributed by atoms with Gasteiger partial charge >= 0.3 is 0 Å². The summed E-state index contributed by atoms with van der Waals surface area (Å²) in [5, 5.41) is 3.31. The monoisotopic (exact) mass is 202 g/mol. The van der Waals surface area contributed by atoms with Gasteiger partial charge in [-0.1, -0.05) is 6.92 Å². The van der Waals surface area contributed by atoms with Crippen molar-refractivity contribution in [1.29, 1.82) is 0 Å². The zero-order valence-corrected chi connectivity index (χ0v) is 9.38. The van der Waals surface area contributed by atoms with Crippen LogP contribution in [0.3, 0.4) is 0 Å². The highest BCUT2D eigenvalue weighted by Crippen LogP contribution is 2.28. The van der Waals surface area contributed by atoms with Crippen molar-refractivity contribution in [3.05, 3.63) is 0 Å². The Morgan fingerprint density at radius 2 is 2.29 bits per heavy atom. The van der Waals surface area contributed by atoms with Gasteiger partial charge in [0.1, 0.15) is 5.60 Å². The van der Waals surface area contributed by atoms with Crippen molar-refractivity contribution in [3.8, 4) is 0 Å². The van der Waals surface area contributed by atoms with Crippen molar-refractivity contribution < 1.29 is 9.78 Å². The minimum atomic E-state index is -0.235. The molecule has 0 aromatic heterocycles. The number of rotatable bonds is 4. The lowest BCUT2D eigenvalue weighted by Gasteiger charge is -2.39. The average molecular weight is 202 g/mol. The first kappa shape index (κ1) is 11.9. The van der Waals surface area contributed by atoms with Crippen LogP contribution < -0.4 is 11.1 Å². The Morgan fingerprint density at radius 1 is 1.57 bits per heavy atom. The van der Waals surface area contributed by atoms with E-state index < -0.39 is 0 Å². The Hall–Kier alpha value is -0.160. The van der Waals surface area contributed by atoms with E-state index in [9.17, 15) is 0 Å². The van der Waals surface area contributed by atoms with Gasteiger partial charge < -0.3 is 5.73 Å². The first-order valence-electron chi connectivity index (χ1n) is 5.41. The molecule has 0 aromatic rings. The molecule has 0 amide bonds. The zero-order valence-electron chi connectivity index (χ0n) is 9.38. The molecule has 1 aliphatic heterocycles. The molecule has 1 fully saturated rings. The second-order valence-corrected chi connectivity index (χ2v) is 4.24. The molecule has 1 heterocycles. The Labute approximate surface area is 86.1 Å². The smallest absolute Gasteiger partial charge is 0.116 e. The lowest BCUT2D eigenvalue weighted by Crippen LogP contribution is -2.56. The van der Waals surface area contributed by atoms with Crippen LogP contribution in [0.25, 0.3) is 0 Å². The summed E-state index contributed by atoms with van der Waals surface area (Å²) in [5.41, 5.74) is 5.49. The van der Waals surface area contributed by atoms with Crippen LogP contribution >= 0.6 is 0 Å². The molecule has 1 aliphatic rings. The standard InChI is InChI=1S/C10H22N2O2/c1-4-9(12-8(2)11)10(3)6-5-7-13-14-10/h8-9,12H,4-7,11H2,1-3H3. The molecule has 4 nitrogen and oxygen atoms in total. The number of nitrogens with two attached hydrogens (primary N) is 1. The fraction of sp³-hybridized carbons (Fsp3) is 1.00. The number of hydrogen-bond donors (Lipinski definition) is 2. The first-order valence-corrected chi connectivity index (χ1v) is 5.41. The molecule has 0 bridgehead atoms. The lowest BCUT2D eigenvalue weighted by molar-refractivity contribution is -0.385. The van der Waals surface area contributed by atoms with E-state index in [-0.39, 0.29) is 17.8 Å². The Balaban J connectivity index is 2.55. The van der Waals surface area contributed by atoms with Crippen LogP contribution in [0.1, 0.15) is 40.0 Å². The molecule has 0 radical (unpaired) electrons. The van der Waals surface area contributed by atoms with Crippen molar-refractivity contribution >= 4 is 0 Å². The summed E-state index contributed by atoms with van der Waals surface area (Å²) in [6.45, 7) is 6.85. The van der Waals surface area contributed by atoms with Crippen molar-refractivity contribution in [2.45, 2.75) is 57.8 Å². The maximum atomic E-state index is 5.73.